The molecule has 2 N–H and O–H groups in total. The number of amides is 1. The third kappa shape index (κ3) is 4.73. The molecule has 0 saturated carbocycles. The Hall–Kier alpha value is -2.53. The zero-order valence-electron chi connectivity index (χ0n) is 14.6. The highest BCUT2D eigenvalue weighted by molar-refractivity contribution is 5.94. The van der Waals surface area contributed by atoms with Gasteiger partial charge < -0.3 is 20.3 Å². The fraction of sp³-hybridized carbons (Fsp3) is 0.350. The molecule has 2 aromatic carbocycles. The van der Waals surface area contributed by atoms with Crippen molar-refractivity contribution in [3.05, 3.63) is 54.1 Å². The fourth-order valence-corrected chi connectivity index (χ4v) is 2.96. The van der Waals surface area contributed by atoms with Gasteiger partial charge >= 0.3 is 0 Å². The lowest BCUT2D eigenvalue weighted by Gasteiger charge is -2.28. The molecule has 0 spiro atoms. The number of ether oxygens (including phenoxy) is 1. The van der Waals surface area contributed by atoms with E-state index in [2.05, 4.69) is 28.5 Å². The minimum Gasteiger partial charge on any atom is -0.378 e. The van der Waals surface area contributed by atoms with E-state index in [1.54, 1.807) is 0 Å². The molecule has 5 heteroatoms. The van der Waals surface area contributed by atoms with Gasteiger partial charge in [-0.1, -0.05) is 25.1 Å². The number of hydrogen-bond acceptors (Lipinski definition) is 4. The van der Waals surface area contributed by atoms with E-state index >= 15 is 0 Å². The largest absolute Gasteiger partial charge is 0.378 e. The summed E-state index contributed by atoms with van der Waals surface area (Å²) in [7, 11) is 0. The first kappa shape index (κ1) is 17.3. The normalized spacial score (nSPS) is 14.2. The molecule has 132 valence electrons. The molecule has 1 saturated heterocycles. The van der Waals surface area contributed by atoms with Crippen molar-refractivity contribution < 1.29 is 9.53 Å². The number of para-hydroxylation sites is 1. The first-order valence-corrected chi connectivity index (χ1v) is 8.80. The van der Waals surface area contributed by atoms with Crippen LogP contribution in [0.4, 0.5) is 17.1 Å². The zero-order chi connectivity index (χ0) is 17.5. The number of rotatable bonds is 6. The molecule has 0 unspecified atom stereocenters. The van der Waals surface area contributed by atoms with Gasteiger partial charge in [0.15, 0.2) is 0 Å². The summed E-state index contributed by atoms with van der Waals surface area (Å²) in [5, 5.41) is 6.15. The van der Waals surface area contributed by atoms with Crippen molar-refractivity contribution in [2.75, 3.05) is 48.4 Å². The average molecular weight is 339 g/mol. The molecule has 25 heavy (non-hydrogen) atoms. The quantitative estimate of drug-likeness (QED) is 0.849. The number of carbonyl (C=O) groups is 1. The molecule has 3 rings (SSSR count). The summed E-state index contributed by atoms with van der Waals surface area (Å²) in [4.78, 5) is 14.5. The van der Waals surface area contributed by atoms with Crippen molar-refractivity contribution >= 4 is 23.0 Å². The topological polar surface area (TPSA) is 53.6 Å². The second kappa shape index (κ2) is 8.53. The van der Waals surface area contributed by atoms with E-state index in [4.69, 9.17) is 4.74 Å². The van der Waals surface area contributed by atoms with Gasteiger partial charge in [0.05, 0.1) is 19.8 Å². The second-order valence-corrected chi connectivity index (χ2v) is 6.06. The van der Waals surface area contributed by atoms with E-state index in [0.717, 1.165) is 49.8 Å². The number of nitrogens with one attached hydrogen (secondary N) is 2. The number of morpholine rings is 1. The Morgan fingerprint density at radius 2 is 1.80 bits per heavy atom. The Morgan fingerprint density at radius 3 is 2.52 bits per heavy atom. The predicted molar refractivity (Wildman–Crippen MR) is 102 cm³/mol. The summed E-state index contributed by atoms with van der Waals surface area (Å²) in [6, 6.07) is 16.0. The van der Waals surface area contributed by atoms with Crippen LogP contribution in [0.1, 0.15) is 12.5 Å². The molecule has 1 heterocycles. The van der Waals surface area contributed by atoms with E-state index < -0.39 is 0 Å². The van der Waals surface area contributed by atoms with Gasteiger partial charge in [0.1, 0.15) is 0 Å². The number of aryl methyl sites for hydroxylation is 1. The SMILES string of the molecule is CCc1ccccc1NCC(=O)Nc1ccc(N2CCOCC2)cc1. The van der Waals surface area contributed by atoms with Crippen LogP contribution in [0.15, 0.2) is 48.5 Å². The molecule has 1 aliphatic heterocycles. The molecule has 0 bridgehead atoms. The lowest BCUT2D eigenvalue weighted by Crippen LogP contribution is -2.36. The molecular formula is C20H25N3O2. The molecule has 0 aromatic heterocycles. The Bertz CT molecular complexity index is 694. The fourth-order valence-electron chi connectivity index (χ4n) is 2.96. The lowest BCUT2D eigenvalue weighted by molar-refractivity contribution is -0.114. The van der Waals surface area contributed by atoms with Crippen molar-refractivity contribution in [3.63, 3.8) is 0 Å². The number of benzene rings is 2. The van der Waals surface area contributed by atoms with Gasteiger partial charge in [0.2, 0.25) is 5.91 Å². The Balaban J connectivity index is 1.52. The maximum absolute atomic E-state index is 12.2. The zero-order valence-corrected chi connectivity index (χ0v) is 14.6. The molecule has 0 radical (unpaired) electrons. The highest BCUT2D eigenvalue weighted by Crippen LogP contribution is 2.19. The third-order valence-corrected chi connectivity index (χ3v) is 4.36. The molecule has 0 atom stereocenters. The molecule has 5 nitrogen and oxygen atoms in total. The van der Waals surface area contributed by atoms with E-state index in [0.29, 0.717) is 0 Å². The predicted octanol–water partition coefficient (Wildman–Crippen LogP) is 3.14. The van der Waals surface area contributed by atoms with Crippen molar-refractivity contribution in [2.24, 2.45) is 0 Å². The van der Waals surface area contributed by atoms with Crippen LogP contribution in [0.25, 0.3) is 0 Å². The monoisotopic (exact) mass is 339 g/mol. The highest BCUT2D eigenvalue weighted by atomic mass is 16.5. The average Bonchev–Trinajstić information content (AvgIpc) is 2.68. The van der Waals surface area contributed by atoms with Crippen LogP contribution < -0.4 is 15.5 Å². The standard InChI is InChI=1S/C20H25N3O2/c1-2-16-5-3-4-6-19(16)21-15-20(24)22-17-7-9-18(10-8-17)23-11-13-25-14-12-23/h3-10,21H,2,11-15H2,1H3,(H,22,24). The summed E-state index contributed by atoms with van der Waals surface area (Å²) in [6.45, 7) is 5.71. The summed E-state index contributed by atoms with van der Waals surface area (Å²) in [6.07, 6.45) is 0.938. The van der Waals surface area contributed by atoms with Gasteiger partial charge in [-0.2, -0.15) is 0 Å². The van der Waals surface area contributed by atoms with Crippen LogP contribution in [0.5, 0.6) is 0 Å². The van der Waals surface area contributed by atoms with Gasteiger partial charge in [-0.15, -0.1) is 0 Å². The summed E-state index contributed by atoms with van der Waals surface area (Å²) >= 11 is 0. The molecule has 1 fully saturated rings. The first-order chi connectivity index (χ1) is 12.3. The van der Waals surface area contributed by atoms with Gasteiger partial charge in [-0.25, -0.2) is 0 Å². The smallest absolute Gasteiger partial charge is 0.243 e. The van der Waals surface area contributed by atoms with E-state index in [-0.39, 0.29) is 12.5 Å². The maximum Gasteiger partial charge on any atom is 0.243 e. The van der Waals surface area contributed by atoms with Crippen LogP contribution in [0.2, 0.25) is 0 Å². The molecular weight excluding hydrogens is 314 g/mol. The number of carbonyl (C=O) groups excluding carboxylic acids is 1. The highest BCUT2D eigenvalue weighted by Gasteiger charge is 2.11. The van der Waals surface area contributed by atoms with Crippen LogP contribution in [-0.4, -0.2) is 38.8 Å². The minimum absolute atomic E-state index is 0.0509. The first-order valence-electron chi connectivity index (χ1n) is 8.80. The van der Waals surface area contributed by atoms with Gasteiger partial charge in [-0.3, -0.25) is 4.79 Å². The molecule has 2 aromatic rings. The van der Waals surface area contributed by atoms with Crippen molar-refractivity contribution in [1.82, 2.24) is 0 Å². The van der Waals surface area contributed by atoms with E-state index in [9.17, 15) is 4.79 Å². The van der Waals surface area contributed by atoms with Crippen molar-refractivity contribution in [1.29, 1.82) is 0 Å². The van der Waals surface area contributed by atoms with Gasteiger partial charge in [0, 0.05) is 30.2 Å². The minimum atomic E-state index is -0.0509. The van der Waals surface area contributed by atoms with E-state index in [1.165, 1.54) is 5.56 Å². The Morgan fingerprint density at radius 1 is 1.08 bits per heavy atom. The Kier molecular flexibility index (Phi) is 5.90. The lowest BCUT2D eigenvalue weighted by atomic mass is 10.1. The van der Waals surface area contributed by atoms with Crippen LogP contribution in [0.3, 0.4) is 0 Å². The summed E-state index contributed by atoms with van der Waals surface area (Å²) < 4.78 is 5.37. The maximum atomic E-state index is 12.2. The van der Waals surface area contributed by atoms with Crippen molar-refractivity contribution in [3.8, 4) is 0 Å². The number of hydrogen-bond donors (Lipinski definition) is 2. The van der Waals surface area contributed by atoms with Crippen LogP contribution >= 0.6 is 0 Å². The second-order valence-electron chi connectivity index (χ2n) is 6.06. The van der Waals surface area contributed by atoms with Crippen LogP contribution in [0, 0.1) is 0 Å². The number of nitrogens with zero attached hydrogens (tertiary/aromatic N) is 1. The Labute approximate surface area is 149 Å². The third-order valence-electron chi connectivity index (χ3n) is 4.36. The molecule has 1 aliphatic rings. The summed E-state index contributed by atoms with van der Waals surface area (Å²) in [5.41, 5.74) is 4.21. The number of anilines is 3. The molecule has 0 aliphatic carbocycles. The summed E-state index contributed by atoms with van der Waals surface area (Å²) in [5.74, 6) is -0.0509. The van der Waals surface area contributed by atoms with Crippen molar-refractivity contribution in [2.45, 2.75) is 13.3 Å². The van der Waals surface area contributed by atoms with Gasteiger partial charge in [0.25, 0.3) is 0 Å². The van der Waals surface area contributed by atoms with E-state index in [1.807, 2.05) is 42.5 Å². The van der Waals surface area contributed by atoms with Crippen LogP contribution in [-0.2, 0) is 16.0 Å². The van der Waals surface area contributed by atoms with Gasteiger partial charge in [-0.05, 0) is 42.3 Å². The molecule has 1 amide bonds.